The van der Waals surface area contributed by atoms with E-state index in [0.717, 1.165) is 31.2 Å². The van der Waals surface area contributed by atoms with Gasteiger partial charge in [0.25, 0.3) is 0 Å². The van der Waals surface area contributed by atoms with E-state index in [4.69, 9.17) is 4.74 Å². The zero-order valence-corrected chi connectivity index (χ0v) is 16.2. The molecule has 1 saturated heterocycles. The van der Waals surface area contributed by atoms with Gasteiger partial charge in [-0.2, -0.15) is 5.10 Å². The number of carbonyl (C=O) groups excluding carboxylic acids is 1. The van der Waals surface area contributed by atoms with Crippen LogP contribution >= 0.6 is 24.0 Å². The van der Waals surface area contributed by atoms with Crippen LogP contribution < -0.4 is 5.32 Å². The van der Waals surface area contributed by atoms with Gasteiger partial charge in [-0.25, -0.2) is 4.98 Å². The van der Waals surface area contributed by atoms with Gasteiger partial charge in [-0.05, 0) is 19.8 Å². The van der Waals surface area contributed by atoms with Crippen LogP contribution in [0, 0.1) is 5.92 Å². The van der Waals surface area contributed by atoms with Crippen LogP contribution in [0.2, 0.25) is 0 Å². The molecule has 0 aliphatic carbocycles. The number of guanidine groups is 1. The second kappa shape index (κ2) is 9.68. The molecule has 2 rings (SSSR count). The van der Waals surface area contributed by atoms with Crippen LogP contribution in [0.15, 0.2) is 11.3 Å². The Morgan fingerprint density at radius 1 is 1.57 bits per heavy atom. The maximum Gasteiger partial charge on any atom is 0.310 e. The number of carbonyl (C=O) groups is 1. The van der Waals surface area contributed by atoms with Crippen molar-refractivity contribution in [1.82, 2.24) is 25.0 Å². The minimum atomic E-state index is -0.115. The fourth-order valence-corrected chi connectivity index (χ4v) is 2.59. The molecule has 1 aromatic heterocycles. The monoisotopic (exact) mass is 436 g/mol. The molecule has 1 aliphatic rings. The molecule has 23 heavy (non-hydrogen) atoms. The first kappa shape index (κ1) is 19.7. The third-order valence-corrected chi connectivity index (χ3v) is 3.76. The van der Waals surface area contributed by atoms with E-state index in [2.05, 4.69) is 25.3 Å². The van der Waals surface area contributed by atoms with Crippen molar-refractivity contribution in [2.75, 3.05) is 26.7 Å². The Bertz CT molecular complexity index is 533. The lowest BCUT2D eigenvalue weighted by atomic mass is 9.98. The second-order valence-electron chi connectivity index (χ2n) is 5.24. The predicted molar refractivity (Wildman–Crippen MR) is 97.5 cm³/mol. The summed E-state index contributed by atoms with van der Waals surface area (Å²) >= 11 is 0. The molecular formula is C14H25IN6O2. The highest BCUT2D eigenvalue weighted by molar-refractivity contribution is 14.0. The summed E-state index contributed by atoms with van der Waals surface area (Å²) in [6.07, 6.45) is 3.35. The molecule has 9 heteroatoms. The van der Waals surface area contributed by atoms with Gasteiger partial charge in [0.05, 0.1) is 19.1 Å². The van der Waals surface area contributed by atoms with Crippen LogP contribution in [0.4, 0.5) is 0 Å². The van der Waals surface area contributed by atoms with Crippen LogP contribution in [0.5, 0.6) is 0 Å². The van der Waals surface area contributed by atoms with Crippen LogP contribution in [0.3, 0.4) is 0 Å². The van der Waals surface area contributed by atoms with Crippen LogP contribution in [0.1, 0.15) is 25.6 Å². The number of aliphatic imine (C=N–C) groups is 1. The fraction of sp³-hybridized carbons (Fsp3) is 0.714. The lowest BCUT2D eigenvalue weighted by molar-refractivity contribution is -0.149. The van der Waals surface area contributed by atoms with Crippen molar-refractivity contribution in [3.05, 3.63) is 12.2 Å². The van der Waals surface area contributed by atoms with Gasteiger partial charge in [-0.15, -0.1) is 24.0 Å². The third kappa shape index (κ3) is 5.33. The highest BCUT2D eigenvalue weighted by Gasteiger charge is 2.28. The molecule has 130 valence electrons. The first-order valence-electron chi connectivity index (χ1n) is 7.60. The molecule has 1 fully saturated rings. The Labute approximate surface area is 153 Å². The van der Waals surface area contributed by atoms with Crippen molar-refractivity contribution in [2.45, 2.75) is 26.3 Å². The zero-order valence-electron chi connectivity index (χ0n) is 13.9. The van der Waals surface area contributed by atoms with Crippen LogP contribution in [0.25, 0.3) is 0 Å². The standard InChI is InChI=1S/C14H24N6O2.HI/c1-4-22-13(21)11-6-5-7-20(9-11)14(15-2)16-8-12-17-10-18-19(12)3;/h10-11H,4-9H2,1-3H3,(H,15,16);1H. The van der Waals surface area contributed by atoms with Gasteiger partial charge in [-0.3, -0.25) is 14.5 Å². The van der Waals surface area contributed by atoms with Crippen molar-refractivity contribution in [1.29, 1.82) is 0 Å². The Balaban J connectivity index is 0.00000264. The minimum Gasteiger partial charge on any atom is -0.466 e. The maximum absolute atomic E-state index is 11.9. The van der Waals surface area contributed by atoms with Gasteiger partial charge in [0.1, 0.15) is 12.2 Å². The third-order valence-electron chi connectivity index (χ3n) is 3.76. The summed E-state index contributed by atoms with van der Waals surface area (Å²) in [5, 5.41) is 7.31. The normalized spacial score (nSPS) is 18.3. The van der Waals surface area contributed by atoms with Crippen molar-refractivity contribution in [3.8, 4) is 0 Å². The number of halogens is 1. The molecule has 0 bridgehead atoms. The van der Waals surface area contributed by atoms with Crippen molar-refractivity contribution in [2.24, 2.45) is 18.0 Å². The first-order chi connectivity index (χ1) is 10.7. The number of nitrogens with zero attached hydrogens (tertiary/aromatic N) is 5. The number of likely N-dealkylation sites (tertiary alicyclic amines) is 1. The molecule has 0 spiro atoms. The molecule has 0 radical (unpaired) electrons. The van der Waals surface area contributed by atoms with Gasteiger partial charge < -0.3 is 15.0 Å². The molecule has 0 saturated carbocycles. The largest absolute Gasteiger partial charge is 0.466 e. The van der Waals surface area contributed by atoms with Crippen LogP contribution in [-0.4, -0.2) is 58.3 Å². The first-order valence-corrected chi connectivity index (χ1v) is 7.60. The molecule has 1 N–H and O–H groups in total. The fourth-order valence-electron chi connectivity index (χ4n) is 2.59. The Morgan fingerprint density at radius 2 is 2.35 bits per heavy atom. The smallest absolute Gasteiger partial charge is 0.310 e. The summed E-state index contributed by atoms with van der Waals surface area (Å²) in [5.41, 5.74) is 0. The predicted octanol–water partition coefficient (Wildman–Crippen LogP) is 0.784. The number of aromatic nitrogens is 3. The highest BCUT2D eigenvalue weighted by Crippen LogP contribution is 2.18. The number of aryl methyl sites for hydroxylation is 1. The molecule has 1 atom stereocenters. The molecular weight excluding hydrogens is 411 g/mol. The molecule has 0 aromatic carbocycles. The quantitative estimate of drug-likeness (QED) is 0.325. The average molecular weight is 436 g/mol. The van der Waals surface area contributed by atoms with E-state index in [0.29, 0.717) is 19.7 Å². The Morgan fingerprint density at radius 3 is 2.96 bits per heavy atom. The zero-order chi connectivity index (χ0) is 15.9. The van der Waals surface area contributed by atoms with Crippen molar-refractivity contribution >= 4 is 35.9 Å². The summed E-state index contributed by atoms with van der Waals surface area (Å²) in [4.78, 5) is 22.5. The van der Waals surface area contributed by atoms with E-state index in [-0.39, 0.29) is 35.9 Å². The number of hydrogen-bond donors (Lipinski definition) is 1. The number of rotatable bonds is 4. The molecule has 8 nitrogen and oxygen atoms in total. The van der Waals surface area contributed by atoms with Gasteiger partial charge in [0, 0.05) is 27.2 Å². The number of nitrogens with one attached hydrogen (secondary N) is 1. The summed E-state index contributed by atoms with van der Waals surface area (Å²) in [5.74, 6) is 1.41. The highest BCUT2D eigenvalue weighted by atomic mass is 127. The average Bonchev–Trinajstić information content (AvgIpc) is 2.94. The lowest BCUT2D eigenvalue weighted by Crippen LogP contribution is -2.48. The summed E-state index contributed by atoms with van der Waals surface area (Å²) in [6, 6.07) is 0. The van der Waals surface area contributed by atoms with E-state index >= 15 is 0 Å². The summed E-state index contributed by atoms with van der Waals surface area (Å²) < 4.78 is 6.85. The molecule has 1 aliphatic heterocycles. The number of ether oxygens (including phenoxy) is 1. The van der Waals surface area contributed by atoms with E-state index in [1.807, 2.05) is 14.0 Å². The Hall–Kier alpha value is -1.39. The van der Waals surface area contributed by atoms with E-state index in [1.165, 1.54) is 6.33 Å². The van der Waals surface area contributed by atoms with Gasteiger partial charge in [0.2, 0.25) is 0 Å². The van der Waals surface area contributed by atoms with E-state index in [1.54, 1.807) is 11.7 Å². The summed E-state index contributed by atoms with van der Waals surface area (Å²) in [7, 11) is 3.59. The lowest BCUT2D eigenvalue weighted by Gasteiger charge is -2.33. The summed E-state index contributed by atoms with van der Waals surface area (Å²) in [6.45, 7) is 4.32. The van der Waals surface area contributed by atoms with Crippen molar-refractivity contribution < 1.29 is 9.53 Å². The molecule has 0 amide bonds. The Kier molecular flexibility index (Phi) is 8.28. The SMILES string of the molecule is CCOC(=O)C1CCCN(C(=NC)NCc2ncnn2C)C1.I. The van der Waals surface area contributed by atoms with Gasteiger partial charge in [-0.1, -0.05) is 0 Å². The van der Waals surface area contributed by atoms with Crippen LogP contribution in [-0.2, 0) is 23.1 Å². The number of esters is 1. The minimum absolute atomic E-state index is 0. The van der Waals surface area contributed by atoms with Crippen molar-refractivity contribution in [3.63, 3.8) is 0 Å². The number of piperidine rings is 1. The van der Waals surface area contributed by atoms with Gasteiger partial charge in [0.15, 0.2) is 5.96 Å². The topological polar surface area (TPSA) is 84.6 Å². The second-order valence-corrected chi connectivity index (χ2v) is 5.24. The van der Waals surface area contributed by atoms with Gasteiger partial charge >= 0.3 is 5.97 Å². The molecule has 1 unspecified atom stereocenters. The van der Waals surface area contributed by atoms with E-state index < -0.39 is 0 Å². The van der Waals surface area contributed by atoms with E-state index in [9.17, 15) is 4.79 Å². The number of hydrogen-bond acceptors (Lipinski definition) is 5. The molecule has 2 heterocycles. The maximum atomic E-state index is 11.9. The molecule has 1 aromatic rings.